The highest BCUT2D eigenvalue weighted by molar-refractivity contribution is 9.10. The lowest BCUT2D eigenvalue weighted by molar-refractivity contribution is 0.0673. The van der Waals surface area contributed by atoms with Crippen LogP contribution in [0, 0.1) is 5.92 Å². The van der Waals surface area contributed by atoms with Crippen LogP contribution in [-0.4, -0.2) is 34.0 Å². The topological polar surface area (TPSA) is 59.2 Å². The predicted octanol–water partition coefficient (Wildman–Crippen LogP) is 3.87. The smallest absolute Gasteiger partial charge is 0.263 e. The fourth-order valence-corrected chi connectivity index (χ4v) is 4.50. The summed E-state index contributed by atoms with van der Waals surface area (Å²) in [7, 11) is 0. The van der Waals surface area contributed by atoms with Gasteiger partial charge in [0, 0.05) is 35.3 Å². The van der Waals surface area contributed by atoms with Gasteiger partial charge in [-0.1, -0.05) is 5.16 Å². The van der Waals surface area contributed by atoms with Crippen LogP contribution in [0.2, 0.25) is 0 Å². The van der Waals surface area contributed by atoms with E-state index in [4.69, 9.17) is 4.52 Å². The monoisotopic (exact) mass is 395 g/mol. The molecule has 1 atom stereocenters. The van der Waals surface area contributed by atoms with E-state index in [0.717, 1.165) is 53.4 Å². The third-order valence-electron chi connectivity index (χ3n) is 4.47. The van der Waals surface area contributed by atoms with Crippen LogP contribution in [0.25, 0.3) is 0 Å². The van der Waals surface area contributed by atoms with Gasteiger partial charge in [0.1, 0.15) is 0 Å². The van der Waals surface area contributed by atoms with Crippen molar-refractivity contribution in [3.63, 3.8) is 0 Å². The number of likely N-dealkylation sites (tertiary alicyclic amines) is 1. The standard InChI is InChI=1S/C16H18BrN3O2S/c17-12-7-13(23-9-12)16(21)20-5-1-2-10(8-20)6-14-18-15(19-22-14)11-3-4-11/h7,9-11H,1-6,8H2. The lowest BCUT2D eigenvalue weighted by Gasteiger charge is -2.31. The molecular formula is C16H18BrN3O2S. The van der Waals surface area contributed by atoms with E-state index in [1.165, 1.54) is 24.2 Å². The molecule has 1 saturated carbocycles. The molecule has 122 valence electrons. The van der Waals surface area contributed by atoms with Crippen molar-refractivity contribution >= 4 is 33.2 Å². The van der Waals surface area contributed by atoms with Crippen LogP contribution < -0.4 is 0 Å². The van der Waals surface area contributed by atoms with Crippen molar-refractivity contribution < 1.29 is 9.32 Å². The van der Waals surface area contributed by atoms with Crippen molar-refractivity contribution in [2.45, 2.75) is 38.0 Å². The third-order valence-corrected chi connectivity index (χ3v) is 6.15. The van der Waals surface area contributed by atoms with Crippen LogP contribution >= 0.6 is 27.3 Å². The van der Waals surface area contributed by atoms with Crippen LogP contribution in [0.5, 0.6) is 0 Å². The minimum absolute atomic E-state index is 0.134. The van der Waals surface area contributed by atoms with Gasteiger partial charge in [-0.05, 0) is 53.6 Å². The highest BCUT2D eigenvalue weighted by Crippen LogP contribution is 2.38. The van der Waals surface area contributed by atoms with E-state index in [1.54, 1.807) is 0 Å². The Morgan fingerprint density at radius 3 is 3.04 bits per heavy atom. The molecule has 1 aliphatic heterocycles. The summed E-state index contributed by atoms with van der Waals surface area (Å²) in [5.74, 6) is 2.66. The Morgan fingerprint density at radius 1 is 1.43 bits per heavy atom. The number of hydrogen-bond acceptors (Lipinski definition) is 5. The van der Waals surface area contributed by atoms with E-state index in [0.29, 0.717) is 11.8 Å². The summed E-state index contributed by atoms with van der Waals surface area (Å²) in [6, 6.07) is 1.90. The van der Waals surface area contributed by atoms with Crippen molar-refractivity contribution in [2.24, 2.45) is 5.92 Å². The van der Waals surface area contributed by atoms with Crippen LogP contribution in [-0.2, 0) is 6.42 Å². The Kier molecular flexibility index (Phi) is 4.24. The number of piperidine rings is 1. The molecule has 7 heteroatoms. The first kappa shape index (κ1) is 15.3. The van der Waals surface area contributed by atoms with Crippen molar-refractivity contribution in [1.82, 2.24) is 15.0 Å². The number of aromatic nitrogens is 2. The molecule has 0 aromatic carbocycles. The molecule has 2 aromatic heterocycles. The van der Waals surface area contributed by atoms with E-state index in [-0.39, 0.29) is 5.91 Å². The van der Waals surface area contributed by atoms with Gasteiger partial charge in [-0.15, -0.1) is 11.3 Å². The molecule has 1 saturated heterocycles. The maximum absolute atomic E-state index is 12.6. The molecule has 2 aliphatic rings. The van der Waals surface area contributed by atoms with Crippen LogP contribution in [0.4, 0.5) is 0 Å². The maximum atomic E-state index is 12.6. The normalized spacial score (nSPS) is 21.6. The summed E-state index contributed by atoms with van der Waals surface area (Å²) >= 11 is 4.90. The van der Waals surface area contributed by atoms with E-state index in [9.17, 15) is 4.79 Å². The van der Waals surface area contributed by atoms with Crippen molar-refractivity contribution in [2.75, 3.05) is 13.1 Å². The number of rotatable bonds is 4. The number of nitrogens with zero attached hydrogens (tertiary/aromatic N) is 3. The number of amides is 1. The first-order valence-electron chi connectivity index (χ1n) is 8.05. The Labute approximate surface area is 147 Å². The number of halogens is 1. The second-order valence-corrected chi connectivity index (χ2v) is 8.24. The highest BCUT2D eigenvalue weighted by Gasteiger charge is 2.30. The summed E-state index contributed by atoms with van der Waals surface area (Å²) in [5, 5.41) is 6.03. The zero-order valence-electron chi connectivity index (χ0n) is 12.7. The third kappa shape index (κ3) is 3.50. The van der Waals surface area contributed by atoms with Gasteiger partial charge >= 0.3 is 0 Å². The van der Waals surface area contributed by atoms with E-state index >= 15 is 0 Å². The van der Waals surface area contributed by atoms with Gasteiger partial charge in [0.2, 0.25) is 5.89 Å². The zero-order chi connectivity index (χ0) is 15.8. The quantitative estimate of drug-likeness (QED) is 0.788. The van der Waals surface area contributed by atoms with Gasteiger partial charge in [0.05, 0.1) is 4.88 Å². The Morgan fingerprint density at radius 2 is 2.30 bits per heavy atom. The second kappa shape index (κ2) is 6.36. The first-order chi connectivity index (χ1) is 11.2. The summed E-state index contributed by atoms with van der Waals surface area (Å²) < 4.78 is 6.35. The fraction of sp³-hybridized carbons (Fsp3) is 0.562. The fourth-order valence-electron chi connectivity index (χ4n) is 3.10. The molecule has 0 radical (unpaired) electrons. The summed E-state index contributed by atoms with van der Waals surface area (Å²) in [5.41, 5.74) is 0. The second-order valence-electron chi connectivity index (χ2n) is 6.41. The minimum Gasteiger partial charge on any atom is -0.339 e. The molecule has 1 aliphatic carbocycles. The Bertz CT molecular complexity index is 710. The molecule has 0 N–H and O–H groups in total. The number of thiophene rings is 1. The van der Waals surface area contributed by atoms with Gasteiger partial charge in [-0.2, -0.15) is 4.98 Å². The molecule has 3 heterocycles. The van der Waals surface area contributed by atoms with Gasteiger partial charge in [0.25, 0.3) is 5.91 Å². The molecule has 2 aromatic rings. The lowest BCUT2D eigenvalue weighted by atomic mass is 9.94. The summed E-state index contributed by atoms with van der Waals surface area (Å²) in [6.45, 7) is 1.61. The van der Waals surface area contributed by atoms with Crippen LogP contribution in [0.3, 0.4) is 0 Å². The van der Waals surface area contributed by atoms with E-state index in [2.05, 4.69) is 26.1 Å². The molecule has 23 heavy (non-hydrogen) atoms. The molecule has 2 fully saturated rings. The van der Waals surface area contributed by atoms with Gasteiger partial charge in [-0.25, -0.2) is 0 Å². The maximum Gasteiger partial charge on any atom is 0.263 e. The van der Waals surface area contributed by atoms with Crippen LogP contribution in [0.1, 0.15) is 53.0 Å². The lowest BCUT2D eigenvalue weighted by Crippen LogP contribution is -2.40. The summed E-state index contributed by atoms with van der Waals surface area (Å²) in [6.07, 6.45) is 5.28. The average Bonchev–Trinajstić information content (AvgIpc) is 3.16. The van der Waals surface area contributed by atoms with Crippen molar-refractivity contribution in [1.29, 1.82) is 0 Å². The Balaban J connectivity index is 1.39. The Hall–Kier alpha value is -1.21. The van der Waals surface area contributed by atoms with Gasteiger partial charge in [-0.3, -0.25) is 4.79 Å². The van der Waals surface area contributed by atoms with Gasteiger partial charge < -0.3 is 9.42 Å². The predicted molar refractivity (Wildman–Crippen MR) is 90.6 cm³/mol. The zero-order valence-corrected chi connectivity index (χ0v) is 15.1. The summed E-state index contributed by atoms with van der Waals surface area (Å²) in [4.78, 5) is 19.8. The molecular weight excluding hydrogens is 378 g/mol. The molecule has 0 spiro atoms. The van der Waals surface area contributed by atoms with E-state index in [1.807, 2.05) is 16.3 Å². The molecule has 5 nitrogen and oxygen atoms in total. The van der Waals surface area contributed by atoms with Crippen molar-refractivity contribution in [3.05, 3.63) is 32.5 Å². The minimum atomic E-state index is 0.134. The molecule has 0 bridgehead atoms. The van der Waals surface area contributed by atoms with Gasteiger partial charge in [0.15, 0.2) is 5.82 Å². The highest BCUT2D eigenvalue weighted by atomic mass is 79.9. The number of hydrogen-bond donors (Lipinski definition) is 0. The average molecular weight is 396 g/mol. The first-order valence-corrected chi connectivity index (χ1v) is 9.72. The van der Waals surface area contributed by atoms with Crippen molar-refractivity contribution in [3.8, 4) is 0 Å². The number of carbonyl (C=O) groups excluding carboxylic acids is 1. The van der Waals surface area contributed by atoms with E-state index < -0.39 is 0 Å². The largest absolute Gasteiger partial charge is 0.339 e. The molecule has 4 rings (SSSR count). The molecule has 1 unspecified atom stereocenters. The van der Waals surface area contributed by atoms with Crippen LogP contribution in [0.15, 0.2) is 20.4 Å². The SMILES string of the molecule is O=C(c1cc(Br)cs1)N1CCCC(Cc2nc(C3CC3)no2)C1. The number of carbonyl (C=O) groups is 1. The molecule has 1 amide bonds.